The standard InChI is InChI=1S/C14H21ClN2O2/c1-10(14(2,3)4)8-16-9-11-7-12(17(18)19)5-6-13(11)15/h5-7,10,16H,8-9H2,1-4H3. The molecule has 1 N–H and O–H groups in total. The Balaban J connectivity index is 2.63. The van der Waals surface area contributed by atoms with Crippen molar-refractivity contribution in [3.05, 3.63) is 38.9 Å². The van der Waals surface area contributed by atoms with Crippen LogP contribution >= 0.6 is 11.6 Å². The van der Waals surface area contributed by atoms with Crippen LogP contribution in [0, 0.1) is 21.4 Å². The Morgan fingerprint density at radius 2 is 2.05 bits per heavy atom. The first-order valence-electron chi connectivity index (χ1n) is 6.35. The van der Waals surface area contributed by atoms with Gasteiger partial charge in [-0.05, 0) is 29.5 Å². The number of hydrogen-bond donors (Lipinski definition) is 1. The van der Waals surface area contributed by atoms with Crippen LogP contribution in [-0.4, -0.2) is 11.5 Å². The highest BCUT2D eigenvalue weighted by molar-refractivity contribution is 6.31. The molecule has 1 unspecified atom stereocenters. The van der Waals surface area contributed by atoms with Crippen LogP contribution in [0.4, 0.5) is 5.69 Å². The Morgan fingerprint density at radius 3 is 2.58 bits per heavy atom. The summed E-state index contributed by atoms with van der Waals surface area (Å²) in [6.45, 7) is 10.2. The summed E-state index contributed by atoms with van der Waals surface area (Å²) in [5.74, 6) is 0.505. The fourth-order valence-corrected chi connectivity index (χ4v) is 1.72. The van der Waals surface area contributed by atoms with Crippen LogP contribution in [0.25, 0.3) is 0 Å². The van der Waals surface area contributed by atoms with Crippen molar-refractivity contribution in [1.29, 1.82) is 0 Å². The molecule has 4 nitrogen and oxygen atoms in total. The number of nitrogens with zero attached hydrogens (tertiary/aromatic N) is 1. The molecule has 5 heteroatoms. The van der Waals surface area contributed by atoms with Crippen LogP contribution in [0.2, 0.25) is 5.02 Å². The number of non-ortho nitro benzene ring substituents is 1. The van der Waals surface area contributed by atoms with Gasteiger partial charge in [0.15, 0.2) is 0 Å². The van der Waals surface area contributed by atoms with Gasteiger partial charge in [-0.3, -0.25) is 10.1 Å². The highest BCUT2D eigenvalue weighted by Gasteiger charge is 2.19. The minimum absolute atomic E-state index is 0.0741. The van der Waals surface area contributed by atoms with Gasteiger partial charge in [-0.25, -0.2) is 0 Å². The molecule has 0 heterocycles. The van der Waals surface area contributed by atoms with Gasteiger partial charge in [-0.2, -0.15) is 0 Å². The Kier molecular flexibility index (Phi) is 5.32. The van der Waals surface area contributed by atoms with Crippen LogP contribution in [0.15, 0.2) is 18.2 Å². The number of nitro benzene ring substituents is 1. The van der Waals surface area contributed by atoms with E-state index in [4.69, 9.17) is 11.6 Å². The SMILES string of the molecule is CC(CNCc1cc([N+](=O)[O-])ccc1Cl)C(C)(C)C. The molecule has 0 bridgehead atoms. The van der Waals surface area contributed by atoms with Crippen LogP contribution in [0.1, 0.15) is 33.3 Å². The van der Waals surface area contributed by atoms with E-state index in [0.717, 1.165) is 12.1 Å². The van der Waals surface area contributed by atoms with Crippen molar-refractivity contribution in [2.75, 3.05) is 6.54 Å². The molecule has 0 saturated carbocycles. The number of benzene rings is 1. The zero-order valence-electron chi connectivity index (χ0n) is 11.9. The molecule has 19 heavy (non-hydrogen) atoms. The average Bonchev–Trinajstić information content (AvgIpc) is 2.29. The summed E-state index contributed by atoms with van der Waals surface area (Å²) in [5.41, 5.74) is 1.07. The summed E-state index contributed by atoms with van der Waals surface area (Å²) < 4.78 is 0. The molecule has 1 aromatic carbocycles. The fourth-order valence-electron chi connectivity index (χ4n) is 1.54. The van der Waals surface area contributed by atoms with Gasteiger partial charge in [0.2, 0.25) is 0 Å². The summed E-state index contributed by atoms with van der Waals surface area (Å²) >= 11 is 6.04. The van der Waals surface area contributed by atoms with Crippen LogP contribution in [0.5, 0.6) is 0 Å². The van der Waals surface area contributed by atoms with Gasteiger partial charge >= 0.3 is 0 Å². The highest BCUT2D eigenvalue weighted by Crippen LogP contribution is 2.25. The molecule has 0 aliphatic heterocycles. The maximum Gasteiger partial charge on any atom is 0.269 e. The first-order chi connectivity index (χ1) is 8.71. The number of rotatable bonds is 5. The Bertz CT molecular complexity index is 455. The van der Waals surface area contributed by atoms with Crippen LogP contribution in [0.3, 0.4) is 0 Å². The van der Waals surface area contributed by atoms with E-state index in [2.05, 4.69) is 33.0 Å². The number of nitro groups is 1. The summed E-state index contributed by atoms with van der Waals surface area (Å²) in [7, 11) is 0. The third-order valence-corrected chi connectivity index (χ3v) is 3.85. The molecule has 0 amide bonds. The quantitative estimate of drug-likeness (QED) is 0.656. The lowest BCUT2D eigenvalue weighted by atomic mass is 9.82. The highest BCUT2D eigenvalue weighted by atomic mass is 35.5. The molecule has 1 atom stereocenters. The lowest BCUT2D eigenvalue weighted by Crippen LogP contribution is -2.29. The van der Waals surface area contributed by atoms with E-state index in [1.54, 1.807) is 6.07 Å². The largest absolute Gasteiger partial charge is 0.312 e. The molecule has 0 aromatic heterocycles. The van der Waals surface area contributed by atoms with Crippen LogP contribution in [-0.2, 0) is 6.54 Å². The van der Waals surface area contributed by atoms with Gasteiger partial charge in [-0.15, -0.1) is 0 Å². The molecule has 0 spiro atoms. The maximum atomic E-state index is 10.7. The lowest BCUT2D eigenvalue weighted by molar-refractivity contribution is -0.384. The monoisotopic (exact) mass is 284 g/mol. The molecule has 0 aliphatic carbocycles. The van der Waals surface area contributed by atoms with E-state index in [0.29, 0.717) is 17.5 Å². The average molecular weight is 285 g/mol. The summed E-state index contributed by atoms with van der Waals surface area (Å²) in [6.07, 6.45) is 0. The van der Waals surface area contributed by atoms with E-state index in [9.17, 15) is 10.1 Å². The van der Waals surface area contributed by atoms with Crippen molar-refractivity contribution < 1.29 is 4.92 Å². The van der Waals surface area contributed by atoms with Crippen molar-refractivity contribution in [1.82, 2.24) is 5.32 Å². The Hall–Kier alpha value is -1.13. The van der Waals surface area contributed by atoms with Gasteiger partial charge in [0.1, 0.15) is 0 Å². The zero-order chi connectivity index (χ0) is 14.6. The zero-order valence-corrected chi connectivity index (χ0v) is 12.6. The van der Waals surface area contributed by atoms with E-state index >= 15 is 0 Å². The fraction of sp³-hybridized carbons (Fsp3) is 0.571. The van der Waals surface area contributed by atoms with Gasteiger partial charge in [0, 0.05) is 23.7 Å². The number of nitrogens with one attached hydrogen (secondary N) is 1. The summed E-state index contributed by atoms with van der Waals surface area (Å²) in [4.78, 5) is 10.3. The minimum atomic E-state index is -0.405. The Labute approximate surface area is 119 Å². The lowest BCUT2D eigenvalue weighted by Gasteiger charge is -2.27. The number of hydrogen-bond acceptors (Lipinski definition) is 3. The van der Waals surface area contributed by atoms with Crippen molar-refractivity contribution in [3.63, 3.8) is 0 Å². The predicted molar refractivity (Wildman–Crippen MR) is 78.4 cm³/mol. The predicted octanol–water partition coefficient (Wildman–Crippen LogP) is 4.02. The summed E-state index contributed by atoms with van der Waals surface area (Å²) in [5, 5.41) is 14.6. The van der Waals surface area contributed by atoms with Crippen molar-refractivity contribution >= 4 is 17.3 Å². The van der Waals surface area contributed by atoms with Crippen molar-refractivity contribution in [3.8, 4) is 0 Å². The normalized spacial score (nSPS) is 13.3. The molecule has 1 rings (SSSR count). The van der Waals surface area contributed by atoms with Gasteiger partial charge < -0.3 is 5.32 Å². The van der Waals surface area contributed by atoms with Crippen molar-refractivity contribution in [2.24, 2.45) is 11.3 Å². The molecular weight excluding hydrogens is 264 g/mol. The first kappa shape index (κ1) is 15.9. The van der Waals surface area contributed by atoms with Crippen LogP contribution < -0.4 is 5.32 Å². The third kappa shape index (κ3) is 4.80. The topological polar surface area (TPSA) is 55.2 Å². The first-order valence-corrected chi connectivity index (χ1v) is 6.73. The van der Waals surface area contributed by atoms with E-state index < -0.39 is 4.92 Å². The molecule has 106 valence electrons. The van der Waals surface area contributed by atoms with Gasteiger partial charge in [0.25, 0.3) is 5.69 Å². The van der Waals surface area contributed by atoms with Gasteiger partial charge in [0.05, 0.1) is 4.92 Å². The molecule has 1 aromatic rings. The molecule has 0 aliphatic rings. The second-order valence-corrected chi connectivity index (χ2v) is 6.34. The summed E-state index contributed by atoms with van der Waals surface area (Å²) in [6, 6.07) is 4.52. The number of halogens is 1. The molecule has 0 radical (unpaired) electrons. The van der Waals surface area contributed by atoms with E-state index in [1.807, 2.05) is 0 Å². The van der Waals surface area contributed by atoms with Gasteiger partial charge in [-0.1, -0.05) is 39.3 Å². The third-order valence-electron chi connectivity index (χ3n) is 3.48. The van der Waals surface area contributed by atoms with E-state index in [-0.39, 0.29) is 11.1 Å². The second-order valence-electron chi connectivity index (χ2n) is 5.93. The molecular formula is C14H21ClN2O2. The van der Waals surface area contributed by atoms with E-state index in [1.165, 1.54) is 12.1 Å². The van der Waals surface area contributed by atoms with Crippen molar-refractivity contribution in [2.45, 2.75) is 34.2 Å². The molecule has 0 fully saturated rings. The smallest absolute Gasteiger partial charge is 0.269 e. The minimum Gasteiger partial charge on any atom is -0.312 e. The maximum absolute atomic E-state index is 10.7. The Morgan fingerprint density at radius 1 is 1.42 bits per heavy atom. The second kappa shape index (κ2) is 6.35. The molecule has 0 saturated heterocycles.